The van der Waals surface area contributed by atoms with Gasteiger partial charge < -0.3 is 14.3 Å². The molecule has 0 radical (unpaired) electrons. The Balaban J connectivity index is 1.35. The van der Waals surface area contributed by atoms with Crippen LogP contribution in [0.15, 0.2) is 28.1 Å². The molecule has 0 amide bonds. The molecule has 1 aliphatic heterocycles. The summed E-state index contributed by atoms with van der Waals surface area (Å²) in [5.41, 5.74) is -0.0226. The van der Waals surface area contributed by atoms with Gasteiger partial charge in [0.25, 0.3) is 0 Å². The molecule has 0 aromatic carbocycles. The van der Waals surface area contributed by atoms with Crippen molar-refractivity contribution in [2.75, 3.05) is 19.7 Å². The van der Waals surface area contributed by atoms with Crippen molar-refractivity contribution in [1.82, 2.24) is 9.88 Å². The van der Waals surface area contributed by atoms with Gasteiger partial charge in [-0.1, -0.05) is 6.07 Å². The van der Waals surface area contributed by atoms with Gasteiger partial charge in [-0.05, 0) is 44.3 Å². The molecule has 2 aromatic heterocycles. The number of aliphatic hydroxyl groups excluding tert-OH is 1. The smallest absolute Gasteiger partial charge is 0.209 e. The average molecular weight is 348 g/mol. The van der Waals surface area contributed by atoms with E-state index in [0.29, 0.717) is 0 Å². The Morgan fingerprint density at radius 2 is 2.29 bits per heavy atom. The van der Waals surface area contributed by atoms with Crippen molar-refractivity contribution in [3.05, 3.63) is 29.6 Å². The van der Waals surface area contributed by atoms with Crippen LogP contribution in [0.25, 0.3) is 10.6 Å². The summed E-state index contributed by atoms with van der Waals surface area (Å²) in [5, 5.41) is 12.3. The molecule has 1 spiro atoms. The van der Waals surface area contributed by atoms with Gasteiger partial charge in [-0.15, -0.1) is 11.3 Å². The lowest BCUT2D eigenvalue weighted by Gasteiger charge is -2.56. The lowest BCUT2D eigenvalue weighted by Crippen LogP contribution is -2.62. The lowest BCUT2D eigenvalue weighted by atomic mass is 9.58. The van der Waals surface area contributed by atoms with E-state index in [2.05, 4.69) is 9.88 Å². The van der Waals surface area contributed by atoms with E-state index in [9.17, 15) is 5.11 Å². The normalized spacial score (nSPS) is 26.6. The van der Waals surface area contributed by atoms with Crippen molar-refractivity contribution in [1.29, 1.82) is 0 Å². The van der Waals surface area contributed by atoms with E-state index in [-0.39, 0.29) is 17.6 Å². The maximum Gasteiger partial charge on any atom is 0.209 e. The molecule has 130 valence electrons. The molecule has 0 bridgehead atoms. The fourth-order valence-electron chi connectivity index (χ4n) is 4.05. The Morgan fingerprint density at radius 1 is 1.46 bits per heavy atom. The van der Waals surface area contributed by atoms with Crippen LogP contribution in [0.4, 0.5) is 0 Å². The number of oxazole rings is 1. The maximum atomic E-state index is 10.3. The second kappa shape index (κ2) is 6.59. The van der Waals surface area contributed by atoms with Crippen LogP contribution in [0.1, 0.15) is 32.1 Å². The molecular formula is C18H24N2O3S. The first-order chi connectivity index (χ1) is 11.7. The number of piperidine rings is 1. The summed E-state index contributed by atoms with van der Waals surface area (Å²) in [6.45, 7) is 5.40. The van der Waals surface area contributed by atoms with E-state index in [0.717, 1.165) is 62.0 Å². The van der Waals surface area contributed by atoms with Gasteiger partial charge in [0.1, 0.15) is 0 Å². The number of likely N-dealkylation sites (tertiary alicyclic amines) is 1. The van der Waals surface area contributed by atoms with E-state index in [4.69, 9.17) is 9.15 Å². The van der Waals surface area contributed by atoms with Gasteiger partial charge in [0.15, 0.2) is 5.76 Å². The molecule has 2 aliphatic rings. The van der Waals surface area contributed by atoms with E-state index in [1.807, 2.05) is 30.6 Å². The summed E-state index contributed by atoms with van der Waals surface area (Å²) in [5.74, 6) is 1.61. The highest BCUT2D eigenvalue weighted by Crippen LogP contribution is 2.51. The van der Waals surface area contributed by atoms with Crippen molar-refractivity contribution in [3.63, 3.8) is 0 Å². The van der Waals surface area contributed by atoms with E-state index in [1.54, 1.807) is 11.3 Å². The molecule has 5 nitrogen and oxygen atoms in total. The topological polar surface area (TPSA) is 58.7 Å². The van der Waals surface area contributed by atoms with Crippen LogP contribution in [-0.4, -0.2) is 46.9 Å². The molecule has 2 atom stereocenters. The first-order valence-corrected chi connectivity index (χ1v) is 9.60. The largest absolute Gasteiger partial charge is 0.438 e. The first-order valence-electron chi connectivity index (χ1n) is 8.72. The number of nitrogens with zero attached hydrogens (tertiary/aromatic N) is 2. The van der Waals surface area contributed by atoms with Crippen molar-refractivity contribution in [3.8, 4) is 10.6 Å². The summed E-state index contributed by atoms with van der Waals surface area (Å²) in [4.78, 5) is 7.90. The zero-order valence-corrected chi connectivity index (χ0v) is 14.8. The minimum Gasteiger partial charge on any atom is -0.438 e. The van der Waals surface area contributed by atoms with Crippen molar-refractivity contribution < 1.29 is 14.3 Å². The van der Waals surface area contributed by atoms with Gasteiger partial charge in [-0.2, -0.15) is 0 Å². The highest BCUT2D eigenvalue weighted by Gasteiger charge is 2.55. The second-order valence-electron chi connectivity index (χ2n) is 6.80. The van der Waals surface area contributed by atoms with Gasteiger partial charge in [0.2, 0.25) is 5.89 Å². The quantitative estimate of drug-likeness (QED) is 0.899. The van der Waals surface area contributed by atoms with Crippen LogP contribution < -0.4 is 0 Å². The highest BCUT2D eigenvalue weighted by atomic mass is 32.1. The molecule has 1 N–H and O–H groups in total. The molecule has 1 aliphatic carbocycles. The van der Waals surface area contributed by atoms with Gasteiger partial charge in [-0.3, -0.25) is 4.90 Å². The summed E-state index contributed by atoms with van der Waals surface area (Å²) in [6.07, 6.45) is 4.59. The number of hydrogen-bond acceptors (Lipinski definition) is 6. The molecule has 2 fully saturated rings. The van der Waals surface area contributed by atoms with Crippen LogP contribution >= 0.6 is 11.3 Å². The van der Waals surface area contributed by atoms with Gasteiger partial charge in [0.05, 0.1) is 29.8 Å². The minimum absolute atomic E-state index is 0.0226. The maximum absolute atomic E-state index is 10.3. The predicted octanol–water partition coefficient (Wildman–Crippen LogP) is 3.16. The number of ether oxygens (including phenoxy) is 1. The van der Waals surface area contributed by atoms with Crippen molar-refractivity contribution in [2.24, 2.45) is 5.41 Å². The number of aromatic nitrogens is 1. The highest BCUT2D eigenvalue weighted by molar-refractivity contribution is 7.13. The summed E-state index contributed by atoms with van der Waals surface area (Å²) >= 11 is 1.66. The van der Waals surface area contributed by atoms with Gasteiger partial charge in [0, 0.05) is 18.4 Å². The average Bonchev–Trinajstić information content (AvgIpc) is 3.27. The van der Waals surface area contributed by atoms with E-state index in [1.165, 1.54) is 0 Å². The monoisotopic (exact) mass is 348 g/mol. The predicted molar refractivity (Wildman–Crippen MR) is 92.8 cm³/mol. The molecule has 6 heteroatoms. The summed E-state index contributed by atoms with van der Waals surface area (Å²) < 4.78 is 11.7. The Labute approximate surface area is 146 Å². The Kier molecular flexibility index (Phi) is 4.47. The third kappa shape index (κ3) is 2.81. The molecule has 24 heavy (non-hydrogen) atoms. The first kappa shape index (κ1) is 16.3. The van der Waals surface area contributed by atoms with Crippen LogP contribution in [0.5, 0.6) is 0 Å². The van der Waals surface area contributed by atoms with Gasteiger partial charge in [-0.25, -0.2) is 4.98 Å². The van der Waals surface area contributed by atoms with Crippen LogP contribution in [0.2, 0.25) is 0 Å². The zero-order chi connectivity index (χ0) is 16.6. The Hall–Kier alpha value is -1.21. The molecule has 2 unspecified atom stereocenters. The van der Waals surface area contributed by atoms with Crippen LogP contribution in [0, 0.1) is 5.41 Å². The third-order valence-electron chi connectivity index (χ3n) is 5.57. The summed E-state index contributed by atoms with van der Waals surface area (Å²) in [7, 11) is 0. The molecule has 1 saturated carbocycles. The molecule has 2 aromatic rings. The van der Waals surface area contributed by atoms with Crippen molar-refractivity contribution >= 4 is 11.3 Å². The number of hydrogen-bond donors (Lipinski definition) is 1. The Bertz CT molecular complexity index is 660. The number of aliphatic hydroxyl groups is 1. The zero-order valence-electron chi connectivity index (χ0n) is 14.0. The minimum atomic E-state index is -0.205. The van der Waals surface area contributed by atoms with E-state index < -0.39 is 0 Å². The van der Waals surface area contributed by atoms with Crippen LogP contribution in [0.3, 0.4) is 0 Å². The standard InChI is InChI=1S/C18H24N2O3S/c1-2-22-16-10-15(21)18(16)5-7-20(8-6-18)12-17-19-11-13(23-17)14-4-3-9-24-14/h3-4,9,11,15-16,21H,2,5-8,10,12H2,1H3. The van der Waals surface area contributed by atoms with Crippen LogP contribution in [-0.2, 0) is 11.3 Å². The molecule has 3 heterocycles. The second-order valence-corrected chi connectivity index (χ2v) is 7.75. The fraction of sp³-hybridized carbons (Fsp3) is 0.611. The molecule has 1 saturated heterocycles. The van der Waals surface area contributed by atoms with E-state index >= 15 is 0 Å². The molecule has 4 rings (SSSR count). The number of thiophene rings is 1. The third-order valence-corrected chi connectivity index (χ3v) is 6.46. The Morgan fingerprint density at radius 3 is 2.96 bits per heavy atom. The van der Waals surface area contributed by atoms with Crippen molar-refractivity contribution in [2.45, 2.75) is 44.9 Å². The fourth-order valence-corrected chi connectivity index (χ4v) is 4.72. The number of rotatable bonds is 5. The lowest BCUT2D eigenvalue weighted by molar-refractivity contribution is -0.210. The van der Waals surface area contributed by atoms with Gasteiger partial charge >= 0.3 is 0 Å². The molecular weight excluding hydrogens is 324 g/mol. The SMILES string of the molecule is CCOC1CC(O)C12CCN(Cc1ncc(-c3cccs3)o1)CC2. The summed E-state index contributed by atoms with van der Waals surface area (Å²) in [6, 6.07) is 4.07.